The van der Waals surface area contributed by atoms with Crippen LogP contribution in [0.4, 0.5) is 0 Å². The van der Waals surface area contributed by atoms with Crippen LogP contribution in [0.1, 0.15) is 49.8 Å². The molecule has 21 heavy (non-hydrogen) atoms. The van der Waals surface area contributed by atoms with E-state index >= 15 is 0 Å². The predicted molar refractivity (Wildman–Crippen MR) is 84.8 cm³/mol. The van der Waals surface area contributed by atoms with Crippen molar-refractivity contribution in [3.8, 4) is 5.75 Å². The van der Waals surface area contributed by atoms with Gasteiger partial charge in [-0.15, -0.1) is 0 Å². The summed E-state index contributed by atoms with van der Waals surface area (Å²) in [6.45, 7) is 2.35. The number of benzene rings is 1. The zero-order valence-electron chi connectivity index (χ0n) is 13.4. The van der Waals surface area contributed by atoms with Crippen LogP contribution in [0.25, 0.3) is 0 Å². The van der Waals surface area contributed by atoms with Gasteiger partial charge in [-0.1, -0.05) is 25.8 Å². The highest BCUT2D eigenvalue weighted by molar-refractivity contribution is 5.42. The van der Waals surface area contributed by atoms with E-state index in [1.165, 1.54) is 36.8 Å². The molecule has 3 nitrogen and oxygen atoms in total. The lowest BCUT2D eigenvalue weighted by Gasteiger charge is -2.31. The van der Waals surface area contributed by atoms with Crippen molar-refractivity contribution in [3.05, 3.63) is 29.3 Å². The van der Waals surface area contributed by atoms with Gasteiger partial charge in [0.25, 0.3) is 0 Å². The number of rotatable bonds is 4. The van der Waals surface area contributed by atoms with Crippen molar-refractivity contribution in [1.29, 1.82) is 0 Å². The summed E-state index contributed by atoms with van der Waals surface area (Å²) in [6.07, 6.45) is 6.80. The van der Waals surface area contributed by atoms with Crippen molar-refractivity contribution in [3.63, 3.8) is 0 Å². The van der Waals surface area contributed by atoms with Gasteiger partial charge in [0.1, 0.15) is 5.75 Å². The summed E-state index contributed by atoms with van der Waals surface area (Å²) in [5, 5.41) is 3.44. The van der Waals surface area contributed by atoms with E-state index in [-0.39, 0.29) is 12.1 Å². The SMILES string of the molecule is CNC1c2cc(OC)ccc2CC1OC1CCCC(C)C1. The molecule has 116 valence electrons. The minimum absolute atomic E-state index is 0.257. The predicted octanol–water partition coefficient (Wildman–Crippen LogP) is 3.48. The molecular formula is C18H27NO2. The Kier molecular flexibility index (Phi) is 4.51. The zero-order valence-corrected chi connectivity index (χ0v) is 13.4. The Balaban J connectivity index is 1.72. The summed E-state index contributed by atoms with van der Waals surface area (Å²) in [7, 11) is 3.75. The minimum Gasteiger partial charge on any atom is -0.497 e. The van der Waals surface area contributed by atoms with Crippen molar-refractivity contribution >= 4 is 0 Å². The van der Waals surface area contributed by atoms with Crippen molar-refractivity contribution in [2.24, 2.45) is 5.92 Å². The Morgan fingerprint density at radius 1 is 1.24 bits per heavy atom. The van der Waals surface area contributed by atoms with Crippen molar-refractivity contribution < 1.29 is 9.47 Å². The molecule has 1 aromatic rings. The summed E-state index contributed by atoms with van der Waals surface area (Å²) < 4.78 is 11.8. The molecule has 1 N–H and O–H groups in total. The molecule has 0 aliphatic heterocycles. The maximum absolute atomic E-state index is 6.48. The maximum atomic E-state index is 6.48. The lowest BCUT2D eigenvalue weighted by molar-refractivity contribution is -0.0483. The number of methoxy groups -OCH3 is 1. The lowest BCUT2D eigenvalue weighted by atomic mass is 9.88. The van der Waals surface area contributed by atoms with Gasteiger partial charge < -0.3 is 14.8 Å². The lowest BCUT2D eigenvalue weighted by Crippen LogP contribution is -2.33. The Bertz CT molecular complexity index is 488. The molecule has 0 amide bonds. The number of nitrogens with one attached hydrogen (secondary N) is 1. The normalized spacial score (nSPS) is 32.0. The molecule has 0 aromatic heterocycles. The summed E-state index contributed by atoms with van der Waals surface area (Å²) in [6, 6.07) is 6.68. The minimum atomic E-state index is 0.257. The van der Waals surface area contributed by atoms with Crippen LogP contribution >= 0.6 is 0 Å². The molecule has 2 aliphatic rings. The fourth-order valence-electron chi connectivity index (χ4n) is 3.93. The highest BCUT2D eigenvalue weighted by Crippen LogP contribution is 2.37. The van der Waals surface area contributed by atoms with Crippen LogP contribution in [0.5, 0.6) is 5.75 Å². The van der Waals surface area contributed by atoms with Crippen molar-refractivity contribution in [2.45, 2.75) is 57.3 Å². The first-order valence-electron chi connectivity index (χ1n) is 8.20. The molecule has 4 atom stereocenters. The smallest absolute Gasteiger partial charge is 0.119 e. The molecule has 2 aliphatic carbocycles. The van der Waals surface area contributed by atoms with Gasteiger partial charge in [-0.25, -0.2) is 0 Å². The third-order valence-electron chi connectivity index (χ3n) is 5.05. The van der Waals surface area contributed by atoms with Crippen molar-refractivity contribution in [1.82, 2.24) is 5.32 Å². The molecule has 0 saturated heterocycles. The second-order valence-corrected chi connectivity index (χ2v) is 6.60. The molecule has 1 saturated carbocycles. The van der Waals surface area contributed by atoms with Gasteiger partial charge in [-0.05, 0) is 49.1 Å². The maximum Gasteiger partial charge on any atom is 0.119 e. The quantitative estimate of drug-likeness (QED) is 0.920. The van der Waals surface area contributed by atoms with E-state index in [1.54, 1.807) is 7.11 Å². The average Bonchev–Trinajstić information content (AvgIpc) is 2.83. The Morgan fingerprint density at radius 3 is 2.81 bits per heavy atom. The molecular weight excluding hydrogens is 262 g/mol. The molecule has 1 aromatic carbocycles. The second-order valence-electron chi connectivity index (χ2n) is 6.60. The van der Waals surface area contributed by atoms with Gasteiger partial charge in [0.15, 0.2) is 0 Å². The van der Waals surface area contributed by atoms with Crippen LogP contribution in [-0.2, 0) is 11.2 Å². The van der Waals surface area contributed by atoms with E-state index in [4.69, 9.17) is 9.47 Å². The van der Waals surface area contributed by atoms with Crippen LogP contribution in [0.2, 0.25) is 0 Å². The Labute approximate surface area is 128 Å². The fourth-order valence-corrected chi connectivity index (χ4v) is 3.93. The average molecular weight is 289 g/mol. The van der Waals surface area contributed by atoms with E-state index in [9.17, 15) is 0 Å². The van der Waals surface area contributed by atoms with Crippen molar-refractivity contribution in [2.75, 3.05) is 14.2 Å². The Hall–Kier alpha value is -1.06. The van der Waals surface area contributed by atoms with E-state index in [1.807, 2.05) is 7.05 Å². The summed E-state index contributed by atoms with van der Waals surface area (Å²) in [5.41, 5.74) is 2.73. The Morgan fingerprint density at radius 2 is 2.10 bits per heavy atom. The number of ether oxygens (including phenoxy) is 2. The van der Waals surface area contributed by atoms with Gasteiger partial charge in [-0.3, -0.25) is 0 Å². The van der Waals surface area contributed by atoms with Crippen LogP contribution < -0.4 is 10.1 Å². The monoisotopic (exact) mass is 289 g/mol. The topological polar surface area (TPSA) is 30.5 Å². The number of fused-ring (bicyclic) bond motifs is 1. The van der Waals surface area contributed by atoms with Gasteiger partial charge in [0.05, 0.1) is 25.4 Å². The van der Waals surface area contributed by atoms with Gasteiger partial charge in [0, 0.05) is 6.42 Å². The van der Waals surface area contributed by atoms with E-state index < -0.39 is 0 Å². The zero-order chi connectivity index (χ0) is 14.8. The van der Waals surface area contributed by atoms with Crippen LogP contribution in [0.15, 0.2) is 18.2 Å². The second kappa shape index (κ2) is 6.37. The molecule has 4 unspecified atom stereocenters. The first-order valence-corrected chi connectivity index (χ1v) is 8.20. The molecule has 3 rings (SSSR count). The molecule has 0 spiro atoms. The van der Waals surface area contributed by atoms with Gasteiger partial charge >= 0.3 is 0 Å². The molecule has 0 bridgehead atoms. The highest BCUT2D eigenvalue weighted by atomic mass is 16.5. The first kappa shape index (κ1) is 14.9. The standard InChI is InChI=1S/C18H27NO2/c1-12-5-4-6-15(9-12)21-17-10-13-7-8-14(20-3)11-16(13)18(17)19-2/h7-8,11-12,15,17-19H,4-6,9-10H2,1-3H3. The van der Waals surface area contributed by atoms with Crippen LogP contribution in [-0.4, -0.2) is 26.4 Å². The van der Waals surface area contributed by atoms with Gasteiger partial charge in [0.2, 0.25) is 0 Å². The third-order valence-corrected chi connectivity index (χ3v) is 5.05. The largest absolute Gasteiger partial charge is 0.497 e. The third kappa shape index (κ3) is 3.09. The number of hydrogen-bond donors (Lipinski definition) is 1. The van der Waals surface area contributed by atoms with E-state index in [0.717, 1.165) is 18.1 Å². The highest BCUT2D eigenvalue weighted by Gasteiger charge is 2.35. The molecule has 0 heterocycles. The first-order chi connectivity index (χ1) is 10.2. The van der Waals surface area contributed by atoms with E-state index in [2.05, 4.69) is 30.4 Å². The van der Waals surface area contributed by atoms with Crippen LogP contribution in [0, 0.1) is 5.92 Å². The van der Waals surface area contributed by atoms with Gasteiger partial charge in [-0.2, -0.15) is 0 Å². The van der Waals surface area contributed by atoms with Crippen LogP contribution in [0.3, 0.4) is 0 Å². The fraction of sp³-hybridized carbons (Fsp3) is 0.667. The number of hydrogen-bond acceptors (Lipinski definition) is 3. The molecule has 1 fully saturated rings. The molecule has 3 heteroatoms. The summed E-state index contributed by atoms with van der Waals surface area (Å²) in [4.78, 5) is 0. The summed E-state index contributed by atoms with van der Waals surface area (Å²) in [5.74, 6) is 1.74. The number of likely N-dealkylation sites (N-methyl/N-ethyl adjacent to an activating group) is 1. The molecule has 0 radical (unpaired) electrons. The summed E-state index contributed by atoms with van der Waals surface area (Å²) >= 11 is 0. The van der Waals surface area contributed by atoms with E-state index in [0.29, 0.717) is 6.10 Å².